The monoisotopic (exact) mass is 210 g/mol. The highest BCUT2D eigenvalue weighted by molar-refractivity contribution is 6.30. The van der Waals surface area contributed by atoms with E-state index in [4.69, 9.17) is 16.3 Å². The fourth-order valence-corrected chi connectivity index (χ4v) is 1.40. The molecule has 1 aliphatic heterocycles. The highest BCUT2D eigenvalue weighted by Crippen LogP contribution is 2.20. The van der Waals surface area contributed by atoms with Crippen LogP contribution in [-0.2, 0) is 4.74 Å². The van der Waals surface area contributed by atoms with Crippen LogP contribution in [0.3, 0.4) is 0 Å². The lowest BCUT2D eigenvalue weighted by molar-refractivity contribution is 0.279. The summed E-state index contributed by atoms with van der Waals surface area (Å²) < 4.78 is 5.44. The van der Waals surface area contributed by atoms with E-state index in [2.05, 4.69) is 9.98 Å². The molecule has 0 spiro atoms. The van der Waals surface area contributed by atoms with Crippen LogP contribution in [0.5, 0.6) is 0 Å². The molecule has 0 aromatic carbocycles. The van der Waals surface area contributed by atoms with E-state index in [0.29, 0.717) is 23.2 Å². The third-order valence-electron chi connectivity index (χ3n) is 1.91. The molecule has 74 valence electrons. The van der Waals surface area contributed by atoms with E-state index in [9.17, 15) is 0 Å². The molecule has 1 aromatic heterocycles. The van der Waals surface area contributed by atoms with Crippen molar-refractivity contribution in [3.63, 3.8) is 0 Å². The summed E-state index contributed by atoms with van der Waals surface area (Å²) in [6, 6.07) is 3.48. The third kappa shape index (κ3) is 1.87. The number of rotatable bonds is 1. The second-order valence-corrected chi connectivity index (χ2v) is 4.31. The minimum atomic E-state index is -0.153. The van der Waals surface area contributed by atoms with Crippen molar-refractivity contribution in [1.29, 1.82) is 0 Å². The number of aliphatic imine (C=N–C) groups is 1. The van der Waals surface area contributed by atoms with Crippen molar-refractivity contribution >= 4 is 17.5 Å². The Bertz CT molecular complexity index is 387. The molecule has 1 aliphatic rings. The molecule has 0 saturated heterocycles. The molecule has 0 bridgehead atoms. The number of ether oxygens (including phenoxy) is 1. The van der Waals surface area contributed by atoms with Crippen molar-refractivity contribution < 1.29 is 4.74 Å². The zero-order valence-corrected chi connectivity index (χ0v) is 8.88. The van der Waals surface area contributed by atoms with Crippen molar-refractivity contribution in [2.75, 3.05) is 6.61 Å². The van der Waals surface area contributed by atoms with Gasteiger partial charge in [-0.25, -0.2) is 4.99 Å². The molecule has 0 saturated carbocycles. The first-order valence-corrected chi connectivity index (χ1v) is 4.79. The number of aromatic nitrogens is 1. The van der Waals surface area contributed by atoms with Gasteiger partial charge in [0.2, 0.25) is 5.90 Å². The summed E-state index contributed by atoms with van der Waals surface area (Å²) >= 11 is 5.84. The van der Waals surface area contributed by atoms with Gasteiger partial charge in [-0.1, -0.05) is 11.6 Å². The van der Waals surface area contributed by atoms with E-state index in [1.807, 2.05) is 13.8 Å². The van der Waals surface area contributed by atoms with Gasteiger partial charge in [-0.2, -0.15) is 0 Å². The largest absolute Gasteiger partial charge is 0.474 e. The minimum absolute atomic E-state index is 0.153. The summed E-state index contributed by atoms with van der Waals surface area (Å²) in [5, 5.41) is 0.644. The van der Waals surface area contributed by atoms with Gasteiger partial charge in [-0.15, -0.1) is 0 Å². The molecule has 0 radical (unpaired) electrons. The van der Waals surface area contributed by atoms with Crippen LogP contribution in [0.15, 0.2) is 23.3 Å². The Balaban J connectivity index is 2.33. The average molecular weight is 211 g/mol. The van der Waals surface area contributed by atoms with Crippen molar-refractivity contribution in [1.82, 2.24) is 4.98 Å². The van der Waals surface area contributed by atoms with E-state index in [0.717, 1.165) is 0 Å². The Hall–Kier alpha value is -1.09. The molecular formula is C10H11ClN2O. The molecular weight excluding hydrogens is 200 g/mol. The zero-order valence-electron chi connectivity index (χ0n) is 8.12. The number of hydrogen-bond acceptors (Lipinski definition) is 3. The lowest BCUT2D eigenvalue weighted by Gasteiger charge is -2.07. The van der Waals surface area contributed by atoms with Crippen LogP contribution in [0.25, 0.3) is 0 Å². The first kappa shape index (κ1) is 9.46. The van der Waals surface area contributed by atoms with Crippen LogP contribution in [0, 0.1) is 0 Å². The molecule has 4 heteroatoms. The van der Waals surface area contributed by atoms with E-state index in [1.165, 1.54) is 0 Å². The lowest BCUT2D eigenvalue weighted by Crippen LogP contribution is -2.17. The highest BCUT2D eigenvalue weighted by atomic mass is 35.5. The first-order valence-electron chi connectivity index (χ1n) is 4.41. The number of nitrogens with zero attached hydrogens (tertiary/aromatic N) is 2. The SMILES string of the molecule is CC1(C)COC(c2cc(Cl)ccn2)=N1. The van der Waals surface area contributed by atoms with Crippen molar-refractivity contribution in [3.8, 4) is 0 Å². The smallest absolute Gasteiger partial charge is 0.236 e. The molecule has 1 aromatic rings. The van der Waals surface area contributed by atoms with Crippen LogP contribution in [0.4, 0.5) is 0 Å². The third-order valence-corrected chi connectivity index (χ3v) is 2.14. The van der Waals surface area contributed by atoms with Crippen LogP contribution in [0.1, 0.15) is 19.5 Å². The maximum atomic E-state index is 5.84. The molecule has 0 fully saturated rings. The molecule has 0 aliphatic carbocycles. The van der Waals surface area contributed by atoms with Crippen LogP contribution in [-0.4, -0.2) is 23.0 Å². The topological polar surface area (TPSA) is 34.5 Å². The normalized spacial score (nSPS) is 18.9. The summed E-state index contributed by atoms with van der Waals surface area (Å²) in [6.07, 6.45) is 1.65. The molecule has 0 amide bonds. The second kappa shape index (κ2) is 3.24. The Morgan fingerprint density at radius 1 is 1.50 bits per heavy atom. The molecule has 0 N–H and O–H groups in total. The van der Waals surface area contributed by atoms with Gasteiger partial charge >= 0.3 is 0 Å². The molecule has 0 unspecified atom stereocenters. The fraction of sp³-hybridized carbons (Fsp3) is 0.400. The van der Waals surface area contributed by atoms with Crippen LogP contribution < -0.4 is 0 Å². The van der Waals surface area contributed by atoms with Crippen LogP contribution in [0.2, 0.25) is 5.02 Å². The zero-order chi connectivity index (χ0) is 10.2. The van der Waals surface area contributed by atoms with Crippen molar-refractivity contribution in [3.05, 3.63) is 29.0 Å². The van der Waals surface area contributed by atoms with Gasteiger partial charge in [0, 0.05) is 11.2 Å². The Morgan fingerprint density at radius 3 is 2.86 bits per heavy atom. The van der Waals surface area contributed by atoms with Crippen LogP contribution >= 0.6 is 11.6 Å². The summed E-state index contributed by atoms with van der Waals surface area (Å²) in [5.74, 6) is 0.581. The van der Waals surface area contributed by atoms with E-state index >= 15 is 0 Å². The van der Waals surface area contributed by atoms with Gasteiger partial charge in [0.05, 0.1) is 5.54 Å². The second-order valence-electron chi connectivity index (χ2n) is 3.88. The average Bonchev–Trinajstić information content (AvgIpc) is 2.46. The summed E-state index contributed by atoms with van der Waals surface area (Å²) in [5.41, 5.74) is 0.544. The predicted octanol–water partition coefficient (Wildman–Crippen LogP) is 2.29. The Kier molecular flexibility index (Phi) is 2.19. The highest BCUT2D eigenvalue weighted by Gasteiger charge is 2.27. The maximum Gasteiger partial charge on any atom is 0.236 e. The molecule has 0 atom stereocenters. The number of hydrogen-bond donors (Lipinski definition) is 0. The van der Waals surface area contributed by atoms with E-state index < -0.39 is 0 Å². The number of pyridine rings is 1. The maximum absolute atomic E-state index is 5.84. The molecule has 2 heterocycles. The summed E-state index contributed by atoms with van der Waals surface area (Å²) in [4.78, 5) is 8.55. The standard InChI is InChI=1S/C10H11ClN2O/c1-10(2)6-14-9(13-10)8-5-7(11)3-4-12-8/h3-5H,6H2,1-2H3. The van der Waals surface area contributed by atoms with Gasteiger partial charge in [-0.3, -0.25) is 4.98 Å². The Labute approximate surface area is 87.8 Å². The van der Waals surface area contributed by atoms with Gasteiger partial charge < -0.3 is 4.74 Å². The predicted molar refractivity (Wildman–Crippen MR) is 55.8 cm³/mol. The molecule has 3 nitrogen and oxygen atoms in total. The number of halogens is 1. The van der Waals surface area contributed by atoms with E-state index in [1.54, 1.807) is 18.3 Å². The van der Waals surface area contributed by atoms with Crippen molar-refractivity contribution in [2.45, 2.75) is 19.4 Å². The molecule has 14 heavy (non-hydrogen) atoms. The van der Waals surface area contributed by atoms with Gasteiger partial charge in [-0.05, 0) is 26.0 Å². The Morgan fingerprint density at radius 2 is 2.29 bits per heavy atom. The quantitative estimate of drug-likeness (QED) is 0.713. The lowest BCUT2D eigenvalue weighted by atomic mass is 10.1. The molecule has 2 rings (SSSR count). The van der Waals surface area contributed by atoms with Gasteiger partial charge in [0.1, 0.15) is 12.3 Å². The van der Waals surface area contributed by atoms with Crippen molar-refractivity contribution in [2.24, 2.45) is 4.99 Å². The summed E-state index contributed by atoms with van der Waals surface area (Å²) in [6.45, 7) is 4.63. The van der Waals surface area contributed by atoms with E-state index in [-0.39, 0.29) is 5.54 Å². The van der Waals surface area contributed by atoms with Gasteiger partial charge in [0.25, 0.3) is 0 Å². The van der Waals surface area contributed by atoms with Gasteiger partial charge in [0.15, 0.2) is 0 Å². The minimum Gasteiger partial charge on any atom is -0.474 e. The summed E-state index contributed by atoms with van der Waals surface area (Å²) in [7, 11) is 0. The first-order chi connectivity index (χ1) is 6.57. The fourth-order valence-electron chi connectivity index (χ4n) is 1.24.